The fourth-order valence-corrected chi connectivity index (χ4v) is 5.13. The van der Waals surface area contributed by atoms with Crippen molar-refractivity contribution in [2.45, 2.75) is 58.5 Å². The van der Waals surface area contributed by atoms with Crippen LogP contribution in [-0.4, -0.2) is 21.5 Å². The van der Waals surface area contributed by atoms with E-state index in [1.54, 1.807) is 0 Å². The monoisotopic (exact) mass is 325 g/mol. The van der Waals surface area contributed by atoms with Crippen molar-refractivity contribution in [3.05, 3.63) is 30.1 Å². The van der Waals surface area contributed by atoms with Crippen LogP contribution in [0.15, 0.2) is 24.3 Å². The summed E-state index contributed by atoms with van der Waals surface area (Å²) < 4.78 is 2.05. The zero-order chi connectivity index (χ0) is 16.8. The summed E-state index contributed by atoms with van der Waals surface area (Å²) in [6.45, 7) is 6.14. The molecule has 2 saturated carbocycles. The molecule has 0 saturated heterocycles. The van der Waals surface area contributed by atoms with Crippen molar-refractivity contribution >= 4 is 16.9 Å². The van der Waals surface area contributed by atoms with Gasteiger partial charge < -0.3 is 9.88 Å². The van der Waals surface area contributed by atoms with Crippen LogP contribution in [0.25, 0.3) is 11.0 Å². The topological polar surface area (TPSA) is 46.9 Å². The van der Waals surface area contributed by atoms with E-state index in [-0.39, 0.29) is 18.0 Å². The van der Waals surface area contributed by atoms with Crippen molar-refractivity contribution in [2.75, 3.05) is 0 Å². The van der Waals surface area contributed by atoms with Crippen LogP contribution in [0.5, 0.6) is 0 Å². The molecule has 0 aliphatic heterocycles. The molecule has 1 aromatic carbocycles. The van der Waals surface area contributed by atoms with Crippen molar-refractivity contribution in [1.29, 1.82) is 0 Å². The van der Waals surface area contributed by atoms with Crippen LogP contribution in [-0.2, 0) is 4.79 Å². The molecule has 1 amide bonds. The zero-order valence-corrected chi connectivity index (χ0v) is 14.8. The SMILES string of the molecule is Cc1nc2ccccc2n1[C@H](C)C(=O)N[C@@H](C)[C@@H]1C[C@H]2CC[C@H]1C2. The van der Waals surface area contributed by atoms with Crippen LogP contribution >= 0.6 is 0 Å². The van der Waals surface area contributed by atoms with E-state index in [4.69, 9.17) is 0 Å². The molecule has 2 aromatic rings. The summed E-state index contributed by atoms with van der Waals surface area (Å²) in [7, 11) is 0. The molecule has 4 rings (SSSR count). The number of para-hydroxylation sites is 2. The number of carbonyl (C=O) groups excluding carboxylic acids is 1. The highest BCUT2D eigenvalue weighted by molar-refractivity contribution is 5.84. The first kappa shape index (κ1) is 15.7. The molecular weight excluding hydrogens is 298 g/mol. The lowest BCUT2D eigenvalue weighted by Crippen LogP contribution is -2.43. The highest BCUT2D eigenvalue weighted by Gasteiger charge is 2.42. The molecule has 24 heavy (non-hydrogen) atoms. The molecule has 2 aliphatic rings. The number of carbonyl (C=O) groups is 1. The largest absolute Gasteiger partial charge is 0.352 e. The molecule has 128 valence electrons. The number of imidazole rings is 1. The number of hydrogen-bond donors (Lipinski definition) is 1. The average Bonchev–Trinajstić information content (AvgIpc) is 3.26. The number of benzene rings is 1. The van der Waals surface area contributed by atoms with Crippen LogP contribution < -0.4 is 5.32 Å². The minimum atomic E-state index is -0.238. The van der Waals surface area contributed by atoms with Crippen molar-refractivity contribution < 1.29 is 4.79 Å². The Morgan fingerprint density at radius 3 is 2.75 bits per heavy atom. The number of rotatable bonds is 4. The van der Waals surface area contributed by atoms with Crippen LogP contribution in [0.4, 0.5) is 0 Å². The third-order valence-corrected chi connectivity index (χ3v) is 6.34. The number of aryl methyl sites for hydroxylation is 1. The fourth-order valence-electron chi connectivity index (χ4n) is 5.13. The quantitative estimate of drug-likeness (QED) is 0.928. The molecule has 5 atom stereocenters. The van der Waals surface area contributed by atoms with E-state index < -0.39 is 0 Å². The Bertz CT molecular complexity index is 765. The van der Waals surface area contributed by atoms with Gasteiger partial charge in [-0.05, 0) is 69.9 Å². The summed E-state index contributed by atoms with van der Waals surface area (Å²) in [6.07, 6.45) is 5.44. The lowest BCUT2D eigenvalue weighted by molar-refractivity contribution is -0.124. The standard InChI is InChI=1S/C20H27N3O/c1-12(17-11-15-8-9-16(17)10-15)21-20(24)13(2)23-14(3)22-18-6-4-5-7-19(18)23/h4-7,12-13,15-17H,8-11H2,1-3H3,(H,21,24)/t12-,13+,15-,16-,17-/m0/s1. The maximum Gasteiger partial charge on any atom is 0.243 e. The van der Waals surface area contributed by atoms with Crippen LogP contribution in [0.3, 0.4) is 0 Å². The van der Waals surface area contributed by atoms with Crippen LogP contribution in [0.2, 0.25) is 0 Å². The second-order valence-corrected chi connectivity index (χ2v) is 7.83. The first-order valence-corrected chi connectivity index (χ1v) is 9.28. The first-order valence-electron chi connectivity index (χ1n) is 9.28. The molecule has 2 bridgehead atoms. The fraction of sp³-hybridized carbons (Fsp3) is 0.600. The Morgan fingerprint density at radius 1 is 1.25 bits per heavy atom. The number of hydrogen-bond acceptors (Lipinski definition) is 2. The first-order chi connectivity index (χ1) is 11.5. The van der Waals surface area contributed by atoms with Gasteiger partial charge in [-0.1, -0.05) is 18.6 Å². The van der Waals surface area contributed by atoms with Crippen molar-refractivity contribution in [2.24, 2.45) is 17.8 Å². The Kier molecular flexibility index (Phi) is 3.86. The Balaban J connectivity index is 1.50. The smallest absolute Gasteiger partial charge is 0.243 e. The third-order valence-electron chi connectivity index (χ3n) is 6.34. The molecule has 0 unspecified atom stereocenters. The van der Waals surface area contributed by atoms with Gasteiger partial charge in [-0.2, -0.15) is 0 Å². The molecular formula is C20H27N3O. The second-order valence-electron chi connectivity index (χ2n) is 7.83. The van der Waals surface area contributed by atoms with Crippen LogP contribution in [0, 0.1) is 24.7 Å². The van der Waals surface area contributed by atoms with Gasteiger partial charge in [0.15, 0.2) is 0 Å². The maximum atomic E-state index is 12.9. The number of aromatic nitrogens is 2. The van der Waals surface area contributed by atoms with E-state index in [1.807, 2.05) is 38.1 Å². The summed E-state index contributed by atoms with van der Waals surface area (Å²) in [5.41, 5.74) is 1.99. The summed E-state index contributed by atoms with van der Waals surface area (Å²) in [4.78, 5) is 17.4. The highest BCUT2D eigenvalue weighted by Crippen LogP contribution is 2.49. The van der Waals surface area contributed by atoms with Gasteiger partial charge in [0, 0.05) is 6.04 Å². The average molecular weight is 325 g/mol. The number of nitrogens with one attached hydrogen (secondary N) is 1. The van der Waals surface area contributed by atoms with Gasteiger partial charge in [0.05, 0.1) is 11.0 Å². The van der Waals surface area contributed by atoms with E-state index in [2.05, 4.69) is 21.8 Å². The molecule has 1 aromatic heterocycles. The van der Waals surface area contributed by atoms with E-state index in [0.717, 1.165) is 28.7 Å². The molecule has 1 N–H and O–H groups in total. The van der Waals surface area contributed by atoms with Gasteiger partial charge in [0.2, 0.25) is 5.91 Å². The minimum Gasteiger partial charge on any atom is -0.352 e. The van der Waals surface area contributed by atoms with Gasteiger partial charge >= 0.3 is 0 Å². The Morgan fingerprint density at radius 2 is 2.04 bits per heavy atom. The van der Waals surface area contributed by atoms with Crippen LogP contribution in [0.1, 0.15) is 51.4 Å². The lowest BCUT2D eigenvalue weighted by atomic mass is 9.84. The predicted molar refractivity (Wildman–Crippen MR) is 95.7 cm³/mol. The molecule has 4 heteroatoms. The van der Waals surface area contributed by atoms with E-state index in [0.29, 0.717) is 5.92 Å². The molecule has 4 nitrogen and oxygen atoms in total. The Labute approximate surface area is 143 Å². The molecule has 0 spiro atoms. The van der Waals surface area contributed by atoms with Crippen molar-refractivity contribution in [1.82, 2.24) is 14.9 Å². The predicted octanol–water partition coefficient (Wildman–Crippen LogP) is 3.85. The number of amides is 1. The third kappa shape index (κ3) is 2.52. The van der Waals surface area contributed by atoms with Gasteiger partial charge in [0.25, 0.3) is 0 Å². The summed E-state index contributed by atoms with van der Waals surface area (Å²) in [5, 5.41) is 3.30. The number of fused-ring (bicyclic) bond motifs is 3. The lowest BCUT2D eigenvalue weighted by Gasteiger charge is -2.29. The molecule has 1 heterocycles. The summed E-state index contributed by atoms with van der Waals surface area (Å²) in [6, 6.07) is 8.06. The summed E-state index contributed by atoms with van der Waals surface area (Å²) in [5.74, 6) is 3.41. The zero-order valence-electron chi connectivity index (χ0n) is 14.8. The summed E-state index contributed by atoms with van der Waals surface area (Å²) >= 11 is 0. The van der Waals surface area contributed by atoms with Gasteiger partial charge in [-0.15, -0.1) is 0 Å². The van der Waals surface area contributed by atoms with Crippen molar-refractivity contribution in [3.8, 4) is 0 Å². The van der Waals surface area contributed by atoms with Gasteiger partial charge in [-0.25, -0.2) is 4.98 Å². The van der Waals surface area contributed by atoms with Gasteiger partial charge in [-0.3, -0.25) is 4.79 Å². The normalized spacial score (nSPS) is 28.2. The van der Waals surface area contributed by atoms with E-state index >= 15 is 0 Å². The molecule has 2 fully saturated rings. The Hall–Kier alpha value is -1.84. The second kappa shape index (κ2) is 5.91. The van der Waals surface area contributed by atoms with E-state index in [1.165, 1.54) is 25.7 Å². The van der Waals surface area contributed by atoms with Crippen molar-refractivity contribution in [3.63, 3.8) is 0 Å². The molecule has 2 aliphatic carbocycles. The number of nitrogens with zero attached hydrogens (tertiary/aromatic N) is 2. The van der Waals surface area contributed by atoms with E-state index in [9.17, 15) is 4.79 Å². The molecule has 0 radical (unpaired) electrons. The van der Waals surface area contributed by atoms with Gasteiger partial charge in [0.1, 0.15) is 11.9 Å². The minimum absolute atomic E-state index is 0.108. The maximum absolute atomic E-state index is 12.9. The highest BCUT2D eigenvalue weighted by atomic mass is 16.2.